The molecule has 1 aliphatic rings. The van der Waals surface area contributed by atoms with Gasteiger partial charge in [-0.3, -0.25) is 14.6 Å². The zero-order chi connectivity index (χ0) is 16.2. The molecule has 1 aromatic carbocycles. The molecule has 1 aliphatic heterocycles. The molecule has 0 radical (unpaired) electrons. The van der Waals surface area contributed by atoms with Gasteiger partial charge in [0.05, 0.1) is 17.8 Å². The number of nitrogens with one attached hydrogen (secondary N) is 1. The number of hydrogen-bond acceptors (Lipinski definition) is 4. The van der Waals surface area contributed by atoms with Crippen molar-refractivity contribution in [2.24, 2.45) is 0 Å². The molecule has 6 heteroatoms. The third-order valence-electron chi connectivity index (χ3n) is 3.82. The summed E-state index contributed by atoms with van der Waals surface area (Å²) >= 11 is 0. The van der Waals surface area contributed by atoms with Gasteiger partial charge >= 0.3 is 0 Å². The number of aromatic nitrogens is 1. The lowest BCUT2D eigenvalue weighted by Gasteiger charge is -2.30. The van der Waals surface area contributed by atoms with Crippen LogP contribution in [-0.4, -0.2) is 35.0 Å². The number of pyridine rings is 1. The first-order valence-electron chi connectivity index (χ1n) is 7.46. The number of hydrogen-bond donors (Lipinski definition) is 2. The molecule has 0 bridgehead atoms. The largest absolute Gasteiger partial charge is 0.506 e. The summed E-state index contributed by atoms with van der Waals surface area (Å²) in [6, 6.07) is 8.54. The van der Waals surface area contributed by atoms with Crippen molar-refractivity contribution in [3.63, 3.8) is 0 Å². The highest BCUT2D eigenvalue weighted by Crippen LogP contribution is 2.35. The molecular formula is C17H17N3O3. The minimum atomic E-state index is -0.346. The molecule has 0 aliphatic carbocycles. The first kappa shape index (κ1) is 15.0. The molecule has 0 saturated heterocycles. The number of benzene rings is 1. The van der Waals surface area contributed by atoms with Crippen LogP contribution < -0.4 is 10.2 Å². The number of carbonyl (C=O) groups is 2. The lowest BCUT2D eigenvalue weighted by Crippen LogP contribution is -2.42. The van der Waals surface area contributed by atoms with Crippen LogP contribution in [0.1, 0.15) is 22.3 Å². The van der Waals surface area contributed by atoms with Gasteiger partial charge in [-0.2, -0.15) is 0 Å². The van der Waals surface area contributed by atoms with Gasteiger partial charge in [0.1, 0.15) is 5.75 Å². The Morgan fingerprint density at radius 1 is 1.26 bits per heavy atom. The number of phenolic OH excluding ortho intramolecular Hbond substituents is 1. The molecule has 2 aromatic rings. The number of carbonyl (C=O) groups excluding carboxylic acids is 2. The maximum Gasteiger partial charge on any atom is 0.253 e. The monoisotopic (exact) mass is 311 g/mol. The van der Waals surface area contributed by atoms with Crippen LogP contribution in [0, 0.1) is 0 Å². The second-order valence-corrected chi connectivity index (χ2v) is 5.36. The molecule has 3 rings (SSSR count). The molecular weight excluding hydrogens is 294 g/mol. The number of nitrogens with zero attached hydrogens (tertiary/aromatic N) is 2. The Hall–Kier alpha value is -2.89. The Kier molecular flexibility index (Phi) is 4.23. The summed E-state index contributed by atoms with van der Waals surface area (Å²) in [6.07, 6.45) is 4.69. The minimum Gasteiger partial charge on any atom is -0.506 e. The van der Waals surface area contributed by atoms with Crippen LogP contribution in [-0.2, 0) is 11.2 Å². The summed E-state index contributed by atoms with van der Waals surface area (Å²) in [5, 5.41) is 12.6. The van der Waals surface area contributed by atoms with Gasteiger partial charge in [0, 0.05) is 18.9 Å². The Labute approximate surface area is 133 Å². The van der Waals surface area contributed by atoms with Gasteiger partial charge in [0.2, 0.25) is 5.91 Å². The van der Waals surface area contributed by atoms with Crippen molar-refractivity contribution in [3.8, 4) is 5.75 Å². The van der Waals surface area contributed by atoms with Crippen molar-refractivity contribution < 1.29 is 14.7 Å². The number of anilines is 1. The molecule has 1 aromatic heterocycles. The molecule has 2 amide bonds. The Morgan fingerprint density at radius 3 is 2.91 bits per heavy atom. The summed E-state index contributed by atoms with van der Waals surface area (Å²) in [7, 11) is 0. The minimum absolute atomic E-state index is 0.0918. The SMILES string of the molecule is O=C(NCC(=O)N1CCCc2cccc(O)c21)c1cccnc1. The average molecular weight is 311 g/mol. The van der Waals surface area contributed by atoms with Gasteiger partial charge in [-0.25, -0.2) is 0 Å². The van der Waals surface area contributed by atoms with E-state index in [4.69, 9.17) is 0 Å². The predicted octanol–water partition coefficient (Wildman–Crippen LogP) is 1.50. The highest BCUT2D eigenvalue weighted by atomic mass is 16.3. The molecule has 0 fully saturated rings. The van der Waals surface area contributed by atoms with E-state index < -0.39 is 0 Å². The zero-order valence-electron chi connectivity index (χ0n) is 12.5. The second-order valence-electron chi connectivity index (χ2n) is 5.36. The van der Waals surface area contributed by atoms with E-state index in [0.29, 0.717) is 17.8 Å². The molecule has 6 nitrogen and oxygen atoms in total. The Bertz CT molecular complexity index is 731. The number of rotatable bonds is 3. The third-order valence-corrected chi connectivity index (χ3v) is 3.82. The first-order chi connectivity index (χ1) is 11.2. The number of amides is 2. The lowest BCUT2D eigenvalue weighted by atomic mass is 10.0. The molecule has 23 heavy (non-hydrogen) atoms. The van der Waals surface area contributed by atoms with E-state index in [2.05, 4.69) is 10.3 Å². The number of aromatic hydroxyl groups is 1. The fourth-order valence-electron chi connectivity index (χ4n) is 2.73. The maximum atomic E-state index is 12.4. The number of fused-ring (bicyclic) bond motifs is 1. The van der Waals surface area contributed by atoms with Crippen molar-refractivity contribution in [1.82, 2.24) is 10.3 Å². The normalized spacial score (nSPS) is 13.3. The van der Waals surface area contributed by atoms with E-state index in [1.54, 1.807) is 30.5 Å². The van der Waals surface area contributed by atoms with E-state index >= 15 is 0 Å². The summed E-state index contributed by atoms with van der Waals surface area (Å²) in [5.41, 5.74) is 1.91. The molecule has 0 unspecified atom stereocenters. The molecule has 118 valence electrons. The van der Waals surface area contributed by atoms with E-state index in [1.807, 2.05) is 6.07 Å². The van der Waals surface area contributed by atoms with Crippen LogP contribution in [0.5, 0.6) is 5.75 Å². The summed E-state index contributed by atoms with van der Waals surface area (Å²) in [5.74, 6) is -0.500. The predicted molar refractivity (Wildman–Crippen MR) is 85.4 cm³/mol. The molecule has 2 heterocycles. The van der Waals surface area contributed by atoms with Crippen molar-refractivity contribution in [2.75, 3.05) is 18.0 Å². The van der Waals surface area contributed by atoms with Gasteiger partial charge in [-0.1, -0.05) is 12.1 Å². The highest BCUT2D eigenvalue weighted by Gasteiger charge is 2.25. The van der Waals surface area contributed by atoms with Crippen molar-refractivity contribution in [2.45, 2.75) is 12.8 Å². The van der Waals surface area contributed by atoms with E-state index in [-0.39, 0.29) is 24.1 Å². The van der Waals surface area contributed by atoms with Crippen LogP contribution in [0.3, 0.4) is 0 Å². The topological polar surface area (TPSA) is 82.5 Å². The number of phenols is 1. The summed E-state index contributed by atoms with van der Waals surface area (Å²) < 4.78 is 0. The van der Waals surface area contributed by atoms with Crippen LogP contribution in [0.2, 0.25) is 0 Å². The smallest absolute Gasteiger partial charge is 0.253 e. The van der Waals surface area contributed by atoms with E-state index in [1.165, 1.54) is 11.1 Å². The van der Waals surface area contributed by atoms with Gasteiger partial charge in [0.25, 0.3) is 5.91 Å². The zero-order valence-corrected chi connectivity index (χ0v) is 12.5. The maximum absolute atomic E-state index is 12.4. The Morgan fingerprint density at radius 2 is 2.13 bits per heavy atom. The number of para-hydroxylation sites is 1. The van der Waals surface area contributed by atoms with Crippen LogP contribution in [0.25, 0.3) is 0 Å². The average Bonchev–Trinajstić information content (AvgIpc) is 2.60. The summed E-state index contributed by atoms with van der Waals surface area (Å²) in [4.78, 5) is 29.8. The van der Waals surface area contributed by atoms with Gasteiger partial charge < -0.3 is 15.3 Å². The van der Waals surface area contributed by atoms with Gasteiger partial charge in [-0.05, 0) is 36.6 Å². The Balaban J connectivity index is 1.70. The van der Waals surface area contributed by atoms with Crippen LogP contribution in [0.4, 0.5) is 5.69 Å². The second kappa shape index (κ2) is 6.48. The van der Waals surface area contributed by atoms with Crippen LogP contribution in [0.15, 0.2) is 42.7 Å². The van der Waals surface area contributed by atoms with E-state index in [0.717, 1.165) is 18.4 Å². The fourth-order valence-corrected chi connectivity index (χ4v) is 2.73. The number of aryl methyl sites for hydroxylation is 1. The summed E-state index contributed by atoms with van der Waals surface area (Å²) in [6.45, 7) is 0.410. The van der Waals surface area contributed by atoms with Crippen molar-refractivity contribution >= 4 is 17.5 Å². The molecule has 2 N–H and O–H groups in total. The quantitative estimate of drug-likeness (QED) is 0.900. The lowest BCUT2D eigenvalue weighted by molar-refractivity contribution is -0.117. The van der Waals surface area contributed by atoms with Crippen molar-refractivity contribution in [3.05, 3.63) is 53.9 Å². The first-order valence-corrected chi connectivity index (χ1v) is 7.46. The van der Waals surface area contributed by atoms with Gasteiger partial charge in [0.15, 0.2) is 0 Å². The highest BCUT2D eigenvalue weighted by molar-refractivity contribution is 6.01. The third kappa shape index (κ3) is 3.15. The molecule has 0 saturated carbocycles. The molecule has 0 spiro atoms. The fraction of sp³-hybridized carbons (Fsp3) is 0.235. The van der Waals surface area contributed by atoms with Crippen molar-refractivity contribution in [1.29, 1.82) is 0 Å². The standard InChI is InChI=1S/C17H17N3O3/c21-14-7-1-4-12-6-3-9-20(16(12)14)15(22)11-19-17(23)13-5-2-8-18-10-13/h1-2,4-5,7-8,10,21H,3,6,9,11H2,(H,19,23). The van der Waals surface area contributed by atoms with Crippen LogP contribution >= 0.6 is 0 Å². The van der Waals surface area contributed by atoms with E-state index in [9.17, 15) is 14.7 Å². The molecule has 0 atom stereocenters. The van der Waals surface area contributed by atoms with Gasteiger partial charge in [-0.15, -0.1) is 0 Å².